The first-order valence-corrected chi connectivity index (χ1v) is 11.2. The van der Waals surface area contributed by atoms with Gasteiger partial charge in [-0.15, -0.1) is 5.10 Å². The Morgan fingerprint density at radius 2 is 2.03 bits per heavy atom. The number of thioether (sulfide) groups is 1. The molecule has 0 fully saturated rings. The number of rotatable bonds is 7. The molecular formula is C22H25N5O3S. The van der Waals surface area contributed by atoms with E-state index in [2.05, 4.69) is 15.5 Å². The van der Waals surface area contributed by atoms with Crippen LogP contribution in [0.2, 0.25) is 0 Å². The summed E-state index contributed by atoms with van der Waals surface area (Å²) in [4.78, 5) is 14.7. The molecule has 1 aromatic heterocycles. The predicted octanol–water partition coefficient (Wildman–Crippen LogP) is 3.06. The molecule has 1 aliphatic rings. The summed E-state index contributed by atoms with van der Waals surface area (Å²) in [5, 5.41) is 12.6. The molecule has 8 nitrogen and oxygen atoms in total. The number of aromatic nitrogens is 4. The number of fused-ring (bicyclic) bond motifs is 1. The van der Waals surface area contributed by atoms with Crippen molar-refractivity contribution >= 4 is 17.7 Å². The topological polar surface area (TPSA) is 82.4 Å². The van der Waals surface area contributed by atoms with E-state index in [0.717, 1.165) is 22.6 Å². The van der Waals surface area contributed by atoms with E-state index in [0.29, 0.717) is 30.6 Å². The first kappa shape index (κ1) is 21.2. The molecule has 0 radical (unpaired) electrons. The first-order valence-electron chi connectivity index (χ1n) is 10.2. The van der Waals surface area contributed by atoms with Gasteiger partial charge in [0.1, 0.15) is 6.61 Å². The lowest BCUT2D eigenvalue weighted by Gasteiger charge is -2.30. The van der Waals surface area contributed by atoms with Crippen LogP contribution in [-0.2, 0) is 4.79 Å². The highest BCUT2D eigenvalue weighted by molar-refractivity contribution is 7.99. The van der Waals surface area contributed by atoms with Gasteiger partial charge in [-0.05, 0) is 60.5 Å². The zero-order chi connectivity index (χ0) is 21.8. The van der Waals surface area contributed by atoms with Crippen molar-refractivity contribution in [2.75, 3.05) is 25.4 Å². The maximum atomic E-state index is 12.9. The predicted molar refractivity (Wildman–Crippen MR) is 118 cm³/mol. The van der Waals surface area contributed by atoms with Crippen LogP contribution in [0.15, 0.2) is 47.6 Å². The molecule has 0 saturated heterocycles. The summed E-state index contributed by atoms with van der Waals surface area (Å²) in [6.45, 7) is 7.46. The average molecular weight is 440 g/mol. The number of nitrogens with zero attached hydrogens (tertiary/aromatic N) is 5. The van der Waals surface area contributed by atoms with Crippen molar-refractivity contribution < 1.29 is 14.3 Å². The largest absolute Gasteiger partial charge is 0.486 e. The minimum absolute atomic E-state index is 0.00507. The summed E-state index contributed by atoms with van der Waals surface area (Å²) in [6.07, 6.45) is -0.205. The molecular weight excluding hydrogens is 414 g/mol. The quantitative estimate of drug-likeness (QED) is 0.523. The highest BCUT2D eigenvalue weighted by atomic mass is 32.2. The van der Waals surface area contributed by atoms with Crippen LogP contribution >= 0.6 is 11.8 Å². The zero-order valence-corrected chi connectivity index (χ0v) is 18.6. The van der Waals surface area contributed by atoms with Crippen molar-refractivity contribution in [3.63, 3.8) is 0 Å². The van der Waals surface area contributed by atoms with Crippen LogP contribution in [0.4, 0.5) is 0 Å². The van der Waals surface area contributed by atoms with Crippen LogP contribution < -0.4 is 9.47 Å². The maximum Gasteiger partial charge on any atom is 0.233 e. The average Bonchev–Trinajstić information content (AvgIpc) is 3.25. The van der Waals surface area contributed by atoms with Gasteiger partial charge in [-0.2, -0.15) is 4.68 Å². The number of carbonyl (C=O) groups excluding carboxylic acids is 1. The van der Waals surface area contributed by atoms with Crippen molar-refractivity contribution in [2.45, 2.75) is 32.0 Å². The molecule has 1 unspecified atom stereocenters. The third-order valence-electron chi connectivity index (χ3n) is 5.08. The summed E-state index contributed by atoms with van der Waals surface area (Å²) in [5.41, 5.74) is 3.10. The van der Waals surface area contributed by atoms with Crippen LogP contribution in [0.25, 0.3) is 5.69 Å². The van der Waals surface area contributed by atoms with E-state index in [-0.39, 0.29) is 17.8 Å². The second-order valence-electron chi connectivity index (χ2n) is 7.38. The minimum atomic E-state index is -0.205. The second-order valence-corrected chi connectivity index (χ2v) is 8.32. The van der Waals surface area contributed by atoms with E-state index < -0.39 is 0 Å². The molecule has 162 valence electrons. The van der Waals surface area contributed by atoms with E-state index in [1.54, 1.807) is 9.58 Å². The number of tetrazole rings is 1. The third kappa shape index (κ3) is 4.82. The second kappa shape index (κ2) is 9.38. The molecule has 2 heterocycles. The van der Waals surface area contributed by atoms with Crippen LogP contribution in [0.1, 0.15) is 18.1 Å². The number of para-hydroxylation sites is 2. The monoisotopic (exact) mass is 439 g/mol. The lowest BCUT2D eigenvalue weighted by atomic mass is 10.1. The van der Waals surface area contributed by atoms with E-state index in [9.17, 15) is 4.79 Å². The summed E-state index contributed by atoms with van der Waals surface area (Å²) in [5.74, 6) is 1.69. The highest BCUT2D eigenvalue weighted by Gasteiger charge is 2.25. The highest BCUT2D eigenvalue weighted by Crippen LogP contribution is 2.31. The molecule has 1 aliphatic heterocycles. The number of hydrogen-bond donors (Lipinski definition) is 0. The van der Waals surface area contributed by atoms with Crippen LogP contribution in [0.5, 0.6) is 11.5 Å². The van der Waals surface area contributed by atoms with Gasteiger partial charge in [0, 0.05) is 6.54 Å². The van der Waals surface area contributed by atoms with Gasteiger partial charge in [-0.25, -0.2) is 0 Å². The van der Waals surface area contributed by atoms with Gasteiger partial charge in [-0.1, -0.05) is 36.0 Å². The van der Waals surface area contributed by atoms with Gasteiger partial charge in [0.2, 0.25) is 11.1 Å². The number of likely N-dealkylation sites (N-methyl/N-ethyl adjacent to an activating group) is 1. The molecule has 4 rings (SSSR count). The fourth-order valence-electron chi connectivity index (χ4n) is 3.39. The summed E-state index contributed by atoms with van der Waals surface area (Å²) in [7, 11) is 0. The summed E-state index contributed by atoms with van der Waals surface area (Å²) < 4.78 is 13.5. The van der Waals surface area contributed by atoms with Crippen molar-refractivity contribution in [3.8, 4) is 17.2 Å². The molecule has 1 amide bonds. The van der Waals surface area contributed by atoms with Gasteiger partial charge in [-0.3, -0.25) is 4.79 Å². The molecule has 31 heavy (non-hydrogen) atoms. The van der Waals surface area contributed by atoms with E-state index in [1.807, 2.05) is 63.2 Å². The molecule has 9 heteroatoms. The zero-order valence-electron chi connectivity index (χ0n) is 17.8. The Morgan fingerprint density at radius 3 is 2.84 bits per heavy atom. The fraction of sp³-hybridized carbons (Fsp3) is 0.364. The Balaban J connectivity index is 1.38. The number of aryl methyl sites for hydroxylation is 2. The molecule has 2 aromatic carbocycles. The number of carbonyl (C=O) groups is 1. The summed E-state index contributed by atoms with van der Waals surface area (Å²) >= 11 is 1.33. The number of hydrogen-bond acceptors (Lipinski definition) is 7. The third-order valence-corrected chi connectivity index (χ3v) is 5.99. The van der Waals surface area contributed by atoms with Crippen molar-refractivity contribution in [1.29, 1.82) is 0 Å². The van der Waals surface area contributed by atoms with Crippen LogP contribution in [0.3, 0.4) is 0 Å². The van der Waals surface area contributed by atoms with Gasteiger partial charge in [0.15, 0.2) is 17.6 Å². The van der Waals surface area contributed by atoms with E-state index in [4.69, 9.17) is 9.47 Å². The van der Waals surface area contributed by atoms with Gasteiger partial charge in [0.05, 0.1) is 18.0 Å². The Bertz CT molecular complexity index is 1070. The fourth-order valence-corrected chi connectivity index (χ4v) is 4.18. The van der Waals surface area contributed by atoms with Crippen molar-refractivity contribution in [3.05, 3.63) is 53.6 Å². The minimum Gasteiger partial charge on any atom is -0.486 e. The van der Waals surface area contributed by atoms with E-state index in [1.165, 1.54) is 11.8 Å². The smallest absolute Gasteiger partial charge is 0.233 e. The maximum absolute atomic E-state index is 12.9. The lowest BCUT2D eigenvalue weighted by molar-refractivity contribution is -0.129. The molecule has 0 N–H and O–H groups in total. The molecule has 1 atom stereocenters. The van der Waals surface area contributed by atoms with Gasteiger partial charge < -0.3 is 14.4 Å². The normalized spacial score (nSPS) is 15.0. The van der Waals surface area contributed by atoms with Crippen LogP contribution in [0, 0.1) is 13.8 Å². The van der Waals surface area contributed by atoms with Crippen LogP contribution in [-0.4, -0.2) is 62.6 Å². The number of amides is 1. The van der Waals surface area contributed by atoms with Gasteiger partial charge >= 0.3 is 0 Å². The lowest BCUT2D eigenvalue weighted by Crippen LogP contribution is -2.44. The first-order chi connectivity index (χ1) is 15.0. The molecule has 0 aliphatic carbocycles. The number of ether oxygens (including phenoxy) is 2. The summed E-state index contributed by atoms with van der Waals surface area (Å²) in [6, 6.07) is 13.7. The Labute approximate surface area is 185 Å². The van der Waals surface area contributed by atoms with Crippen molar-refractivity contribution in [1.82, 2.24) is 25.1 Å². The Kier molecular flexibility index (Phi) is 6.41. The molecule has 0 bridgehead atoms. The molecule has 0 spiro atoms. The number of benzene rings is 2. The van der Waals surface area contributed by atoms with E-state index >= 15 is 0 Å². The van der Waals surface area contributed by atoms with Crippen molar-refractivity contribution in [2.24, 2.45) is 0 Å². The Morgan fingerprint density at radius 1 is 1.23 bits per heavy atom. The standard InChI is InChI=1S/C22H25N5O3S/c1-4-26(12-17-13-29-19-7-5-6-8-20(19)30-17)21(28)14-31-22-23-24-25-27(22)18-11-15(2)9-10-16(18)3/h5-11,17H,4,12-14H2,1-3H3. The Hall–Kier alpha value is -3.07. The van der Waals surface area contributed by atoms with Gasteiger partial charge in [0.25, 0.3) is 0 Å². The SMILES string of the molecule is CCN(CC1COc2ccccc2O1)C(=O)CSc1nnnn1-c1cc(C)ccc1C. The molecule has 3 aromatic rings. The molecule has 0 saturated carbocycles.